The number of carbonyl (C=O) groups is 2. The van der Waals surface area contributed by atoms with Crippen LogP contribution in [0, 0.1) is 11.3 Å². The quantitative estimate of drug-likeness (QED) is 0.795. The summed E-state index contributed by atoms with van der Waals surface area (Å²) in [5.74, 6) is 0.811. The Bertz CT molecular complexity index is 670. The van der Waals surface area contributed by atoms with Crippen molar-refractivity contribution in [2.45, 2.75) is 51.7 Å². The molecule has 0 radical (unpaired) electrons. The summed E-state index contributed by atoms with van der Waals surface area (Å²) in [6, 6.07) is 0.291. The third-order valence-corrected chi connectivity index (χ3v) is 6.19. The second kappa shape index (κ2) is 7.56. The van der Waals surface area contributed by atoms with Gasteiger partial charge in [-0.2, -0.15) is 0 Å². The Balaban J connectivity index is 0.00000196. The predicted molar refractivity (Wildman–Crippen MR) is 99.8 cm³/mol. The van der Waals surface area contributed by atoms with E-state index in [1.54, 1.807) is 6.20 Å². The third kappa shape index (κ3) is 3.47. The highest BCUT2D eigenvalue weighted by Gasteiger charge is 2.58. The summed E-state index contributed by atoms with van der Waals surface area (Å²) in [5, 5.41) is 6.22. The number of halogens is 1. The van der Waals surface area contributed by atoms with Crippen molar-refractivity contribution in [2.75, 3.05) is 19.6 Å². The molecule has 1 aromatic rings. The van der Waals surface area contributed by atoms with E-state index < -0.39 is 0 Å². The molecule has 0 bridgehead atoms. The molecule has 8 heteroatoms. The Hall–Kier alpha value is -1.60. The zero-order chi connectivity index (χ0) is 17.4. The van der Waals surface area contributed by atoms with Gasteiger partial charge in [0.2, 0.25) is 11.8 Å². The third-order valence-electron chi connectivity index (χ3n) is 6.19. The molecule has 1 spiro atoms. The predicted octanol–water partition coefficient (Wildman–Crippen LogP) is 0.932. The van der Waals surface area contributed by atoms with Gasteiger partial charge in [0.25, 0.3) is 0 Å². The van der Waals surface area contributed by atoms with Gasteiger partial charge in [0.15, 0.2) is 0 Å². The van der Waals surface area contributed by atoms with E-state index >= 15 is 0 Å². The van der Waals surface area contributed by atoms with Crippen molar-refractivity contribution >= 4 is 24.2 Å². The Morgan fingerprint density at radius 3 is 2.85 bits per heavy atom. The van der Waals surface area contributed by atoms with E-state index in [1.807, 2.05) is 11.1 Å². The van der Waals surface area contributed by atoms with Crippen LogP contribution < -0.4 is 10.6 Å². The molecule has 1 saturated carbocycles. The van der Waals surface area contributed by atoms with Crippen molar-refractivity contribution in [3.05, 3.63) is 18.2 Å². The van der Waals surface area contributed by atoms with Gasteiger partial charge in [0.1, 0.15) is 5.82 Å². The van der Waals surface area contributed by atoms with Gasteiger partial charge >= 0.3 is 0 Å². The van der Waals surface area contributed by atoms with Crippen LogP contribution in [0.1, 0.15) is 38.4 Å². The minimum Gasteiger partial charge on any atom is -0.355 e. The van der Waals surface area contributed by atoms with Gasteiger partial charge in [0.05, 0.1) is 12.5 Å². The van der Waals surface area contributed by atoms with E-state index in [4.69, 9.17) is 0 Å². The van der Waals surface area contributed by atoms with E-state index in [1.165, 1.54) is 0 Å². The lowest BCUT2D eigenvalue weighted by molar-refractivity contribution is -0.137. The highest BCUT2D eigenvalue weighted by Crippen LogP contribution is 2.56. The molecular formula is C18H28ClN5O2. The standard InChI is InChI=1S/C18H27N5O2.ClH/c1-2-22-8-7-20-15(22)12-23(17(25)13-9-16(24)21-11-13)14-10-18(14)3-5-19-6-4-18;/h7-8,13-14,19H,2-6,9-12H2,1H3,(H,21,24);1H. The number of aromatic nitrogens is 2. The first-order valence-electron chi connectivity index (χ1n) is 9.41. The smallest absolute Gasteiger partial charge is 0.228 e. The maximum Gasteiger partial charge on any atom is 0.228 e. The van der Waals surface area contributed by atoms with Crippen molar-refractivity contribution in [3.8, 4) is 0 Å². The molecule has 2 saturated heterocycles. The number of nitrogens with one attached hydrogen (secondary N) is 2. The molecule has 3 fully saturated rings. The van der Waals surface area contributed by atoms with E-state index in [2.05, 4.69) is 27.1 Å². The van der Waals surface area contributed by atoms with E-state index in [-0.39, 0.29) is 35.6 Å². The number of rotatable bonds is 5. The Morgan fingerprint density at radius 1 is 1.42 bits per heavy atom. The summed E-state index contributed by atoms with van der Waals surface area (Å²) in [5.41, 5.74) is 0.278. The van der Waals surface area contributed by atoms with E-state index in [9.17, 15) is 9.59 Å². The van der Waals surface area contributed by atoms with E-state index in [0.717, 1.165) is 44.7 Å². The van der Waals surface area contributed by atoms with Crippen LogP contribution in [0.2, 0.25) is 0 Å². The zero-order valence-electron chi connectivity index (χ0n) is 15.2. The molecule has 2 unspecified atom stereocenters. The first-order chi connectivity index (χ1) is 12.1. The molecule has 144 valence electrons. The first kappa shape index (κ1) is 19.2. The van der Waals surface area contributed by atoms with Gasteiger partial charge in [-0.05, 0) is 44.7 Å². The van der Waals surface area contributed by atoms with Gasteiger partial charge in [-0.15, -0.1) is 12.4 Å². The molecule has 4 rings (SSSR count). The fraction of sp³-hybridized carbons (Fsp3) is 0.722. The maximum absolute atomic E-state index is 13.2. The molecule has 3 aliphatic rings. The van der Waals surface area contributed by atoms with Crippen LogP contribution in [0.3, 0.4) is 0 Å². The summed E-state index contributed by atoms with van der Waals surface area (Å²) < 4.78 is 2.09. The SMILES string of the molecule is CCn1ccnc1CN(C(=O)C1CNC(=O)C1)C1CC12CCNCC2.Cl. The number of amides is 2. The molecule has 2 amide bonds. The second-order valence-electron chi connectivity index (χ2n) is 7.63. The Morgan fingerprint density at radius 2 is 2.19 bits per heavy atom. The molecule has 1 aromatic heterocycles. The number of aryl methyl sites for hydroxylation is 1. The number of imidazole rings is 1. The molecule has 7 nitrogen and oxygen atoms in total. The molecule has 2 atom stereocenters. The average molecular weight is 382 g/mol. The Labute approximate surface area is 160 Å². The van der Waals surface area contributed by atoms with Crippen LogP contribution in [0.5, 0.6) is 0 Å². The maximum atomic E-state index is 13.2. The lowest BCUT2D eigenvalue weighted by Crippen LogP contribution is -2.42. The minimum absolute atomic E-state index is 0. The van der Waals surface area contributed by atoms with Crippen LogP contribution in [0.4, 0.5) is 0 Å². The van der Waals surface area contributed by atoms with Crippen LogP contribution >= 0.6 is 12.4 Å². The number of hydrogen-bond acceptors (Lipinski definition) is 4. The lowest BCUT2D eigenvalue weighted by atomic mass is 9.93. The van der Waals surface area contributed by atoms with E-state index in [0.29, 0.717) is 25.6 Å². The van der Waals surface area contributed by atoms with Crippen molar-refractivity contribution in [2.24, 2.45) is 11.3 Å². The molecule has 2 aliphatic heterocycles. The van der Waals surface area contributed by atoms with Gasteiger partial charge in [-0.1, -0.05) is 0 Å². The minimum atomic E-state index is -0.225. The zero-order valence-corrected chi connectivity index (χ0v) is 16.1. The summed E-state index contributed by atoms with van der Waals surface area (Å²) in [6.45, 7) is 6.02. The lowest BCUT2D eigenvalue weighted by Gasteiger charge is -2.31. The van der Waals surface area contributed by atoms with Crippen LogP contribution in [0.25, 0.3) is 0 Å². The number of piperidine rings is 1. The van der Waals surface area contributed by atoms with Crippen LogP contribution in [-0.2, 0) is 22.7 Å². The van der Waals surface area contributed by atoms with Gasteiger partial charge in [-0.25, -0.2) is 4.98 Å². The van der Waals surface area contributed by atoms with Gasteiger partial charge in [0, 0.05) is 37.9 Å². The van der Waals surface area contributed by atoms with Crippen molar-refractivity contribution in [1.29, 1.82) is 0 Å². The van der Waals surface area contributed by atoms with Crippen LogP contribution in [0.15, 0.2) is 12.4 Å². The molecule has 2 N–H and O–H groups in total. The van der Waals surface area contributed by atoms with Crippen molar-refractivity contribution < 1.29 is 9.59 Å². The van der Waals surface area contributed by atoms with Crippen molar-refractivity contribution in [3.63, 3.8) is 0 Å². The number of nitrogens with zero attached hydrogens (tertiary/aromatic N) is 3. The topological polar surface area (TPSA) is 79.3 Å². The monoisotopic (exact) mass is 381 g/mol. The second-order valence-corrected chi connectivity index (χ2v) is 7.63. The van der Waals surface area contributed by atoms with Gasteiger partial charge < -0.3 is 20.1 Å². The highest BCUT2D eigenvalue weighted by atomic mass is 35.5. The summed E-state index contributed by atoms with van der Waals surface area (Å²) >= 11 is 0. The van der Waals surface area contributed by atoms with Crippen molar-refractivity contribution in [1.82, 2.24) is 25.1 Å². The van der Waals surface area contributed by atoms with Gasteiger partial charge in [-0.3, -0.25) is 9.59 Å². The Kier molecular flexibility index (Phi) is 5.58. The average Bonchev–Trinajstić information content (AvgIpc) is 2.99. The summed E-state index contributed by atoms with van der Waals surface area (Å²) in [4.78, 5) is 31.3. The molecule has 0 aromatic carbocycles. The number of hydrogen-bond donors (Lipinski definition) is 2. The fourth-order valence-corrected chi connectivity index (χ4v) is 4.52. The highest BCUT2D eigenvalue weighted by molar-refractivity contribution is 5.89. The molecule has 26 heavy (non-hydrogen) atoms. The molecular weight excluding hydrogens is 354 g/mol. The number of carbonyl (C=O) groups excluding carboxylic acids is 2. The molecule has 1 aliphatic carbocycles. The summed E-state index contributed by atoms with van der Waals surface area (Å²) in [6.07, 6.45) is 7.43. The largest absolute Gasteiger partial charge is 0.355 e. The summed E-state index contributed by atoms with van der Waals surface area (Å²) in [7, 11) is 0. The fourth-order valence-electron chi connectivity index (χ4n) is 4.52. The first-order valence-corrected chi connectivity index (χ1v) is 9.41. The molecule has 3 heterocycles. The van der Waals surface area contributed by atoms with Crippen LogP contribution in [-0.4, -0.2) is 51.9 Å². The normalized spacial score (nSPS) is 26.3.